The molecular formula is C21H26F2N2O2. The first-order chi connectivity index (χ1) is 12.7. The first kappa shape index (κ1) is 19.7. The highest BCUT2D eigenvalue weighted by atomic mass is 19.2. The maximum Gasteiger partial charge on any atom is 0.159 e. The standard InChI is InChI=1S/C21H26F2N2O2/c1-21(2,3)20-12-15(24-27-20)11-19(26)18-6-4-5-9-25(18)13-14-7-8-16(22)17(23)10-14/h7-8,10,12,18H,4-6,9,11,13H2,1-3H3/t18-/m0/s1. The Morgan fingerprint density at radius 2 is 2.00 bits per heavy atom. The number of aromatic nitrogens is 1. The van der Waals surface area contributed by atoms with Crippen LogP contribution >= 0.6 is 0 Å². The first-order valence-electron chi connectivity index (χ1n) is 9.41. The molecule has 1 fully saturated rings. The van der Waals surface area contributed by atoms with E-state index >= 15 is 0 Å². The first-order valence-corrected chi connectivity index (χ1v) is 9.41. The van der Waals surface area contributed by atoms with E-state index in [9.17, 15) is 13.6 Å². The maximum absolute atomic E-state index is 13.5. The number of ketones is 1. The van der Waals surface area contributed by atoms with Crippen molar-refractivity contribution in [1.82, 2.24) is 10.1 Å². The van der Waals surface area contributed by atoms with Crippen molar-refractivity contribution in [2.45, 2.75) is 64.5 Å². The van der Waals surface area contributed by atoms with Crippen LogP contribution in [-0.2, 0) is 23.2 Å². The fourth-order valence-corrected chi connectivity index (χ4v) is 3.46. The molecule has 0 spiro atoms. The normalized spacial score (nSPS) is 18.6. The molecule has 1 aliphatic rings. The van der Waals surface area contributed by atoms with Gasteiger partial charge in [-0.15, -0.1) is 0 Å². The average Bonchev–Trinajstić information content (AvgIpc) is 3.07. The molecule has 0 bridgehead atoms. The van der Waals surface area contributed by atoms with Crippen LogP contribution in [0, 0.1) is 11.6 Å². The molecule has 0 aliphatic carbocycles. The van der Waals surface area contributed by atoms with E-state index in [2.05, 4.69) is 10.1 Å². The van der Waals surface area contributed by atoms with E-state index in [-0.39, 0.29) is 23.7 Å². The summed E-state index contributed by atoms with van der Waals surface area (Å²) in [5, 5.41) is 4.04. The minimum Gasteiger partial charge on any atom is -0.361 e. The monoisotopic (exact) mass is 376 g/mol. The van der Waals surface area contributed by atoms with E-state index in [0.29, 0.717) is 17.8 Å². The van der Waals surface area contributed by atoms with Gasteiger partial charge in [-0.05, 0) is 37.1 Å². The molecule has 1 aliphatic heterocycles. The van der Waals surface area contributed by atoms with Crippen molar-refractivity contribution >= 4 is 5.78 Å². The quantitative estimate of drug-likeness (QED) is 0.775. The zero-order valence-electron chi connectivity index (χ0n) is 16.1. The highest BCUT2D eigenvalue weighted by Crippen LogP contribution is 2.25. The molecule has 1 aromatic heterocycles. The predicted octanol–water partition coefficient (Wildman–Crippen LogP) is 4.42. The molecule has 4 nitrogen and oxygen atoms in total. The summed E-state index contributed by atoms with van der Waals surface area (Å²) in [5.41, 5.74) is 1.16. The Bertz CT molecular complexity index is 811. The van der Waals surface area contributed by atoms with E-state index < -0.39 is 11.6 Å². The maximum atomic E-state index is 13.5. The van der Waals surface area contributed by atoms with Crippen molar-refractivity contribution in [2.24, 2.45) is 0 Å². The molecule has 146 valence electrons. The number of halogens is 2. The zero-order valence-corrected chi connectivity index (χ0v) is 16.1. The van der Waals surface area contributed by atoms with Crippen LogP contribution in [0.2, 0.25) is 0 Å². The van der Waals surface area contributed by atoms with Crippen LogP contribution in [0.4, 0.5) is 8.78 Å². The molecule has 0 unspecified atom stereocenters. The number of hydrogen-bond donors (Lipinski definition) is 0. The Morgan fingerprint density at radius 1 is 1.22 bits per heavy atom. The largest absolute Gasteiger partial charge is 0.361 e. The van der Waals surface area contributed by atoms with Gasteiger partial charge in [0.05, 0.1) is 18.2 Å². The number of rotatable bonds is 5. The Balaban J connectivity index is 1.69. The van der Waals surface area contributed by atoms with Gasteiger partial charge in [0.15, 0.2) is 17.4 Å². The number of hydrogen-bond acceptors (Lipinski definition) is 4. The van der Waals surface area contributed by atoms with Crippen LogP contribution in [-0.4, -0.2) is 28.4 Å². The van der Waals surface area contributed by atoms with Crippen LogP contribution in [0.5, 0.6) is 0 Å². The number of carbonyl (C=O) groups is 1. The lowest BCUT2D eigenvalue weighted by molar-refractivity contribution is -0.125. The molecule has 0 N–H and O–H groups in total. The van der Waals surface area contributed by atoms with Gasteiger partial charge in [-0.3, -0.25) is 9.69 Å². The second-order valence-corrected chi connectivity index (χ2v) is 8.31. The molecule has 2 aromatic rings. The third-order valence-corrected chi connectivity index (χ3v) is 5.01. The highest BCUT2D eigenvalue weighted by Gasteiger charge is 2.30. The Kier molecular flexibility index (Phi) is 5.75. The molecule has 1 saturated heterocycles. The second kappa shape index (κ2) is 7.89. The van der Waals surface area contributed by atoms with E-state index in [1.807, 2.05) is 26.8 Å². The van der Waals surface area contributed by atoms with Gasteiger partial charge >= 0.3 is 0 Å². The lowest BCUT2D eigenvalue weighted by atomic mass is 9.92. The summed E-state index contributed by atoms with van der Waals surface area (Å²) in [7, 11) is 0. The van der Waals surface area contributed by atoms with Crippen molar-refractivity contribution < 1.29 is 18.1 Å². The van der Waals surface area contributed by atoms with Crippen LogP contribution < -0.4 is 0 Å². The molecule has 3 rings (SSSR count). The summed E-state index contributed by atoms with van der Waals surface area (Å²) in [6, 6.07) is 5.53. The topological polar surface area (TPSA) is 46.3 Å². The molecule has 1 atom stereocenters. The third-order valence-electron chi connectivity index (χ3n) is 5.01. The molecule has 0 radical (unpaired) electrons. The lowest BCUT2D eigenvalue weighted by Crippen LogP contribution is -2.44. The number of piperidine rings is 1. The highest BCUT2D eigenvalue weighted by molar-refractivity contribution is 5.85. The van der Waals surface area contributed by atoms with E-state index in [1.54, 1.807) is 6.07 Å². The minimum atomic E-state index is -0.857. The van der Waals surface area contributed by atoms with E-state index in [1.165, 1.54) is 6.07 Å². The van der Waals surface area contributed by atoms with Crippen LogP contribution in [0.25, 0.3) is 0 Å². The second-order valence-electron chi connectivity index (χ2n) is 8.31. The van der Waals surface area contributed by atoms with Gasteiger partial charge in [-0.2, -0.15) is 0 Å². The summed E-state index contributed by atoms with van der Waals surface area (Å²) in [6.45, 7) is 7.29. The average molecular weight is 376 g/mol. The van der Waals surface area contributed by atoms with Gasteiger partial charge in [0.1, 0.15) is 5.76 Å². The summed E-state index contributed by atoms with van der Waals surface area (Å²) in [5.74, 6) is -0.867. The zero-order chi connectivity index (χ0) is 19.6. The van der Waals surface area contributed by atoms with Crippen molar-refractivity contribution in [3.05, 3.63) is 52.9 Å². The number of benzene rings is 1. The fraction of sp³-hybridized carbons (Fsp3) is 0.524. The van der Waals surface area contributed by atoms with Gasteiger partial charge in [0.25, 0.3) is 0 Å². The summed E-state index contributed by atoms with van der Waals surface area (Å²) in [4.78, 5) is 14.9. The molecule has 1 aromatic carbocycles. The van der Waals surface area contributed by atoms with Crippen molar-refractivity contribution in [2.75, 3.05) is 6.54 Å². The Labute approximate surface area is 158 Å². The molecule has 27 heavy (non-hydrogen) atoms. The lowest BCUT2D eigenvalue weighted by Gasteiger charge is -2.34. The molecule has 2 heterocycles. The summed E-state index contributed by atoms with van der Waals surface area (Å²) in [6.07, 6.45) is 2.97. The van der Waals surface area contributed by atoms with Crippen LogP contribution in [0.1, 0.15) is 57.1 Å². The van der Waals surface area contributed by atoms with Crippen molar-refractivity contribution in [1.29, 1.82) is 0 Å². The fourth-order valence-electron chi connectivity index (χ4n) is 3.46. The number of nitrogens with zero attached hydrogens (tertiary/aromatic N) is 2. The van der Waals surface area contributed by atoms with Gasteiger partial charge in [-0.25, -0.2) is 8.78 Å². The van der Waals surface area contributed by atoms with Gasteiger partial charge in [0, 0.05) is 18.0 Å². The SMILES string of the molecule is CC(C)(C)c1cc(CC(=O)[C@@H]2CCCCN2Cc2ccc(F)c(F)c2)no1. The van der Waals surface area contributed by atoms with Gasteiger partial charge in [0.2, 0.25) is 0 Å². The number of carbonyl (C=O) groups excluding carboxylic acids is 1. The van der Waals surface area contributed by atoms with E-state index in [4.69, 9.17) is 4.52 Å². The van der Waals surface area contributed by atoms with Crippen molar-refractivity contribution in [3.63, 3.8) is 0 Å². The molecule has 6 heteroatoms. The number of Topliss-reactive ketones (excluding diaryl/α,β-unsaturated/α-hetero) is 1. The van der Waals surface area contributed by atoms with Gasteiger partial charge in [-0.1, -0.05) is 38.4 Å². The minimum absolute atomic E-state index is 0.0889. The Morgan fingerprint density at radius 3 is 2.67 bits per heavy atom. The molecular weight excluding hydrogens is 350 g/mol. The molecule has 0 amide bonds. The predicted molar refractivity (Wildman–Crippen MR) is 98.3 cm³/mol. The summed E-state index contributed by atoms with van der Waals surface area (Å²) >= 11 is 0. The van der Waals surface area contributed by atoms with Crippen LogP contribution in [0.3, 0.4) is 0 Å². The summed E-state index contributed by atoms with van der Waals surface area (Å²) < 4.78 is 32.0. The number of likely N-dealkylation sites (tertiary alicyclic amines) is 1. The third kappa shape index (κ3) is 4.80. The smallest absolute Gasteiger partial charge is 0.159 e. The molecule has 0 saturated carbocycles. The van der Waals surface area contributed by atoms with Gasteiger partial charge < -0.3 is 4.52 Å². The Hall–Kier alpha value is -2.08. The van der Waals surface area contributed by atoms with E-state index in [0.717, 1.165) is 37.6 Å². The van der Waals surface area contributed by atoms with Crippen LogP contribution in [0.15, 0.2) is 28.8 Å². The van der Waals surface area contributed by atoms with Crippen molar-refractivity contribution in [3.8, 4) is 0 Å².